The first-order chi connectivity index (χ1) is 6.50. The maximum Gasteiger partial charge on any atom is 0.129 e. The minimum absolute atomic E-state index is 0.243. The topological polar surface area (TPSA) is 26.0 Å². The number of halogens is 2. The molecule has 1 aromatic carbocycles. The van der Waals surface area contributed by atoms with Crippen molar-refractivity contribution in [3.05, 3.63) is 34.6 Å². The molecule has 0 heterocycles. The zero-order chi connectivity index (χ0) is 10.7. The van der Waals surface area contributed by atoms with Gasteiger partial charge in [0.25, 0.3) is 0 Å². The van der Waals surface area contributed by atoms with Gasteiger partial charge in [-0.15, -0.1) is 0 Å². The van der Waals surface area contributed by atoms with Crippen LogP contribution in [-0.4, -0.2) is 0 Å². The third-order valence-corrected chi connectivity index (χ3v) is 2.32. The van der Waals surface area contributed by atoms with Crippen LogP contribution in [0.15, 0.2) is 18.2 Å². The lowest BCUT2D eigenvalue weighted by Gasteiger charge is -2.15. The van der Waals surface area contributed by atoms with Gasteiger partial charge in [-0.3, -0.25) is 0 Å². The van der Waals surface area contributed by atoms with Crippen LogP contribution in [0.1, 0.15) is 31.9 Å². The Morgan fingerprint density at radius 3 is 2.57 bits per heavy atom. The van der Waals surface area contributed by atoms with Crippen LogP contribution in [0.25, 0.3) is 0 Å². The van der Waals surface area contributed by atoms with Crippen LogP contribution >= 0.6 is 11.6 Å². The first kappa shape index (κ1) is 11.5. The van der Waals surface area contributed by atoms with Crippen LogP contribution in [0.2, 0.25) is 5.02 Å². The third kappa shape index (κ3) is 2.96. The van der Waals surface area contributed by atoms with Crippen molar-refractivity contribution in [3.63, 3.8) is 0 Å². The molecule has 3 heteroatoms. The molecule has 1 rings (SSSR count). The fraction of sp³-hybridized carbons (Fsp3) is 0.455. The Labute approximate surface area is 89.1 Å². The zero-order valence-corrected chi connectivity index (χ0v) is 9.18. The molecule has 78 valence electrons. The van der Waals surface area contributed by atoms with Crippen LogP contribution in [0.4, 0.5) is 4.39 Å². The molecule has 0 aliphatic heterocycles. The lowest BCUT2D eigenvalue weighted by atomic mass is 9.97. The smallest absolute Gasteiger partial charge is 0.129 e. The number of benzene rings is 1. The molecule has 14 heavy (non-hydrogen) atoms. The lowest BCUT2D eigenvalue weighted by molar-refractivity contribution is 0.489. The summed E-state index contributed by atoms with van der Waals surface area (Å²) in [5, 5.41) is 0.406. The highest BCUT2D eigenvalue weighted by Gasteiger charge is 2.12. The maximum absolute atomic E-state index is 13.4. The Bertz CT molecular complexity index is 312. The number of nitrogens with two attached hydrogens (primary N) is 1. The zero-order valence-electron chi connectivity index (χ0n) is 8.43. The molecule has 0 radical (unpaired) electrons. The average Bonchev–Trinajstić information content (AvgIpc) is 2.01. The summed E-state index contributed by atoms with van der Waals surface area (Å²) < 4.78 is 13.4. The predicted octanol–water partition coefficient (Wildman–Crippen LogP) is 3.53. The molecule has 0 bridgehead atoms. The van der Waals surface area contributed by atoms with E-state index in [4.69, 9.17) is 17.3 Å². The summed E-state index contributed by atoms with van der Waals surface area (Å²) in [6, 6.07) is 4.38. The van der Waals surface area contributed by atoms with Gasteiger partial charge in [-0.05, 0) is 24.5 Å². The van der Waals surface area contributed by atoms with Gasteiger partial charge in [0.2, 0.25) is 0 Å². The monoisotopic (exact) mass is 215 g/mol. The van der Waals surface area contributed by atoms with E-state index in [-0.39, 0.29) is 11.9 Å². The van der Waals surface area contributed by atoms with Gasteiger partial charge in [0.15, 0.2) is 0 Å². The van der Waals surface area contributed by atoms with E-state index < -0.39 is 0 Å². The lowest BCUT2D eigenvalue weighted by Crippen LogP contribution is -2.14. The summed E-state index contributed by atoms with van der Waals surface area (Å²) in [6.45, 7) is 4.13. The molecule has 0 spiro atoms. The van der Waals surface area contributed by atoms with Gasteiger partial charge in [0.05, 0.1) is 0 Å². The molecular weight excluding hydrogens is 201 g/mol. The molecular formula is C11H15ClFN. The van der Waals surface area contributed by atoms with E-state index in [9.17, 15) is 4.39 Å². The number of rotatable bonds is 3. The Morgan fingerprint density at radius 1 is 1.43 bits per heavy atom. The summed E-state index contributed by atoms with van der Waals surface area (Å²) in [6.07, 6.45) is 0.776. The van der Waals surface area contributed by atoms with Crippen molar-refractivity contribution >= 4 is 11.6 Å². The summed E-state index contributed by atoms with van der Waals surface area (Å²) >= 11 is 5.65. The number of hydrogen-bond acceptors (Lipinski definition) is 1. The second kappa shape index (κ2) is 4.76. The van der Waals surface area contributed by atoms with Gasteiger partial charge in [0, 0.05) is 16.6 Å². The van der Waals surface area contributed by atoms with E-state index in [0.29, 0.717) is 16.5 Å². The van der Waals surface area contributed by atoms with Crippen LogP contribution in [0, 0.1) is 11.7 Å². The first-order valence-corrected chi connectivity index (χ1v) is 5.09. The fourth-order valence-corrected chi connectivity index (χ4v) is 1.60. The second-order valence-corrected chi connectivity index (χ2v) is 4.34. The molecule has 1 aromatic rings. The van der Waals surface area contributed by atoms with Gasteiger partial charge in [-0.2, -0.15) is 0 Å². The molecule has 0 amide bonds. The van der Waals surface area contributed by atoms with Crippen LogP contribution in [0.3, 0.4) is 0 Å². The summed E-state index contributed by atoms with van der Waals surface area (Å²) in [5.41, 5.74) is 6.41. The van der Waals surface area contributed by atoms with Gasteiger partial charge in [0.1, 0.15) is 5.82 Å². The van der Waals surface area contributed by atoms with E-state index in [2.05, 4.69) is 13.8 Å². The SMILES string of the molecule is CC(C)C[C@@H](N)c1ccc(Cl)cc1F. The van der Waals surface area contributed by atoms with E-state index in [1.165, 1.54) is 6.07 Å². The molecule has 0 saturated heterocycles. The van der Waals surface area contributed by atoms with E-state index >= 15 is 0 Å². The Hall–Kier alpha value is -0.600. The van der Waals surface area contributed by atoms with Gasteiger partial charge < -0.3 is 5.73 Å². The maximum atomic E-state index is 13.4. The van der Waals surface area contributed by atoms with E-state index in [0.717, 1.165) is 6.42 Å². The summed E-state index contributed by atoms with van der Waals surface area (Å²) in [7, 11) is 0. The van der Waals surface area contributed by atoms with Crippen LogP contribution in [-0.2, 0) is 0 Å². The minimum atomic E-state index is -0.314. The Morgan fingerprint density at radius 2 is 2.07 bits per heavy atom. The molecule has 0 aliphatic rings. The van der Waals surface area contributed by atoms with Gasteiger partial charge in [-0.25, -0.2) is 4.39 Å². The van der Waals surface area contributed by atoms with E-state index in [1.807, 2.05) is 0 Å². The average molecular weight is 216 g/mol. The molecule has 1 atom stereocenters. The highest BCUT2D eigenvalue weighted by atomic mass is 35.5. The predicted molar refractivity (Wildman–Crippen MR) is 57.8 cm³/mol. The van der Waals surface area contributed by atoms with Crippen molar-refractivity contribution < 1.29 is 4.39 Å². The molecule has 0 fully saturated rings. The first-order valence-electron chi connectivity index (χ1n) is 4.71. The fourth-order valence-electron chi connectivity index (χ4n) is 1.44. The van der Waals surface area contributed by atoms with Crippen LogP contribution < -0.4 is 5.73 Å². The normalized spacial score (nSPS) is 13.3. The summed E-state index contributed by atoms with van der Waals surface area (Å²) in [4.78, 5) is 0. The molecule has 0 unspecified atom stereocenters. The second-order valence-electron chi connectivity index (χ2n) is 3.90. The minimum Gasteiger partial charge on any atom is -0.324 e. The van der Waals surface area contributed by atoms with Crippen molar-refractivity contribution in [3.8, 4) is 0 Å². The van der Waals surface area contributed by atoms with Crippen molar-refractivity contribution in [2.24, 2.45) is 11.7 Å². The molecule has 0 aliphatic carbocycles. The van der Waals surface area contributed by atoms with Crippen molar-refractivity contribution in [1.29, 1.82) is 0 Å². The quantitative estimate of drug-likeness (QED) is 0.820. The largest absolute Gasteiger partial charge is 0.324 e. The van der Waals surface area contributed by atoms with E-state index in [1.54, 1.807) is 12.1 Å². The van der Waals surface area contributed by atoms with Crippen LogP contribution in [0.5, 0.6) is 0 Å². The van der Waals surface area contributed by atoms with Gasteiger partial charge in [-0.1, -0.05) is 31.5 Å². The summed E-state index contributed by atoms with van der Waals surface area (Å²) in [5.74, 6) is 0.144. The highest BCUT2D eigenvalue weighted by molar-refractivity contribution is 6.30. The standard InChI is InChI=1S/C11H15ClFN/c1-7(2)5-11(14)9-4-3-8(12)6-10(9)13/h3-4,6-7,11H,5,14H2,1-2H3/t11-/m1/s1. The number of hydrogen-bond donors (Lipinski definition) is 1. The molecule has 2 N–H and O–H groups in total. The van der Waals surface area contributed by atoms with Gasteiger partial charge >= 0.3 is 0 Å². The Kier molecular flexibility index (Phi) is 3.90. The molecule has 0 aromatic heterocycles. The molecule has 0 saturated carbocycles. The third-order valence-electron chi connectivity index (χ3n) is 2.09. The van der Waals surface area contributed by atoms with Crippen molar-refractivity contribution in [2.75, 3.05) is 0 Å². The van der Waals surface area contributed by atoms with Crippen molar-refractivity contribution in [2.45, 2.75) is 26.3 Å². The van der Waals surface area contributed by atoms with Crippen molar-refractivity contribution in [1.82, 2.24) is 0 Å². The molecule has 1 nitrogen and oxygen atoms in total. The highest BCUT2D eigenvalue weighted by Crippen LogP contribution is 2.23. The Balaban J connectivity index is 2.84.